The Labute approximate surface area is 169 Å². The molecule has 0 amide bonds. The summed E-state index contributed by atoms with van der Waals surface area (Å²) in [7, 11) is 0. The fourth-order valence-electron chi connectivity index (χ4n) is 3.06. The second-order valence-corrected chi connectivity index (χ2v) is 7.48. The Hall–Kier alpha value is -2.36. The molecule has 0 aromatic heterocycles. The van der Waals surface area contributed by atoms with E-state index in [2.05, 4.69) is 0 Å². The molecule has 160 valence electrons. The highest BCUT2D eigenvalue weighted by molar-refractivity contribution is 5.61. The molecule has 0 unspecified atom stereocenters. The molecule has 9 heteroatoms. The third-order valence-corrected chi connectivity index (χ3v) is 4.22. The van der Waals surface area contributed by atoms with E-state index in [0.29, 0.717) is 0 Å². The van der Waals surface area contributed by atoms with Gasteiger partial charge in [-0.1, -0.05) is 30.3 Å². The summed E-state index contributed by atoms with van der Waals surface area (Å²) in [5, 5.41) is 0. The number of carbonyl (C=O) groups is 2. The predicted octanol–water partition coefficient (Wildman–Crippen LogP) is 3.15. The van der Waals surface area contributed by atoms with E-state index in [9.17, 15) is 9.59 Å². The summed E-state index contributed by atoms with van der Waals surface area (Å²) in [5.41, 5.74) is 0.831. The van der Waals surface area contributed by atoms with Gasteiger partial charge in [0.1, 0.15) is 19.3 Å². The SMILES string of the molecule is CC(C)OC(=O)O[C@@H]1[C@H]2OC(C)(C)O[C@H]2O[C@@H]1COC(=O)OCc1ccccc1. The van der Waals surface area contributed by atoms with Crippen LogP contribution in [0.3, 0.4) is 0 Å². The smallest absolute Gasteiger partial charge is 0.432 e. The lowest BCUT2D eigenvalue weighted by Crippen LogP contribution is -2.41. The molecule has 2 aliphatic rings. The monoisotopic (exact) mass is 410 g/mol. The molecule has 4 atom stereocenters. The molecule has 2 aliphatic heterocycles. The lowest BCUT2D eigenvalue weighted by atomic mass is 10.1. The van der Waals surface area contributed by atoms with Crippen molar-refractivity contribution >= 4 is 12.3 Å². The second kappa shape index (κ2) is 8.98. The number of carbonyl (C=O) groups excluding carboxylic acids is 2. The van der Waals surface area contributed by atoms with Gasteiger partial charge < -0.3 is 33.2 Å². The van der Waals surface area contributed by atoms with E-state index in [-0.39, 0.29) is 19.3 Å². The van der Waals surface area contributed by atoms with Crippen LogP contribution < -0.4 is 0 Å². The highest BCUT2D eigenvalue weighted by Gasteiger charge is 2.57. The number of fused-ring (bicyclic) bond motifs is 1. The molecule has 0 N–H and O–H groups in total. The van der Waals surface area contributed by atoms with Gasteiger partial charge in [0, 0.05) is 0 Å². The first-order valence-electron chi connectivity index (χ1n) is 9.45. The van der Waals surface area contributed by atoms with E-state index in [1.165, 1.54) is 0 Å². The zero-order chi connectivity index (χ0) is 21.0. The van der Waals surface area contributed by atoms with Gasteiger partial charge in [-0.15, -0.1) is 0 Å². The molecule has 1 aromatic carbocycles. The second-order valence-electron chi connectivity index (χ2n) is 7.48. The fraction of sp³-hybridized carbons (Fsp3) is 0.600. The first-order chi connectivity index (χ1) is 13.7. The Morgan fingerprint density at radius 2 is 1.79 bits per heavy atom. The van der Waals surface area contributed by atoms with Crippen molar-refractivity contribution in [3.05, 3.63) is 35.9 Å². The number of benzene rings is 1. The van der Waals surface area contributed by atoms with Crippen LogP contribution in [-0.2, 0) is 39.8 Å². The van der Waals surface area contributed by atoms with Crippen molar-refractivity contribution in [2.24, 2.45) is 0 Å². The molecular formula is C20H26O9. The lowest BCUT2D eigenvalue weighted by Gasteiger charge is -2.25. The maximum atomic E-state index is 12.0. The zero-order valence-corrected chi connectivity index (χ0v) is 16.9. The van der Waals surface area contributed by atoms with Crippen LogP contribution in [-0.4, -0.2) is 55.4 Å². The van der Waals surface area contributed by atoms with Gasteiger partial charge in [-0.05, 0) is 33.3 Å². The molecule has 0 spiro atoms. The first-order valence-corrected chi connectivity index (χ1v) is 9.45. The van der Waals surface area contributed by atoms with E-state index in [1.54, 1.807) is 27.7 Å². The average molecular weight is 410 g/mol. The molecule has 0 saturated carbocycles. The van der Waals surface area contributed by atoms with Crippen LogP contribution in [0.25, 0.3) is 0 Å². The summed E-state index contributed by atoms with van der Waals surface area (Å²) in [4.78, 5) is 23.9. The van der Waals surface area contributed by atoms with E-state index in [0.717, 1.165) is 5.56 Å². The standard InChI is InChI=1S/C20H26O9/c1-12(2)25-19(22)27-15-14(26-17-16(15)28-20(3,4)29-17)11-24-18(21)23-10-13-8-6-5-7-9-13/h5-9,12,14-17H,10-11H2,1-4H3/t14-,15+,16-,17-/m1/s1. The van der Waals surface area contributed by atoms with Gasteiger partial charge in [0.25, 0.3) is 0 Å². The van der Waals surface area contributed by atoms with Gasteiger partial charge >= 0.3 is 12.3 Å². The molecule has 29 heavy (non-hydrogen) atoms. The fourth-order valence-corrected chi connectivity index (χ4v) is 3.06. The summed E-state index contributed by atoms with van der Waals surface area (Å²) < 4.78 is 37.8. The largest absolute Gasteiger partial charge is 0.508 e. The summed E-state index contributed by atoms with van der Waals surface area (Å²) >= 11 is 0. The molecule has 2 saturated heterocycles. The summed E-state index contributed by atoms with van der Waals surface area (Å²) in [6, 6.07) is 9.21. The number of ether oxygens (including phenoxy) is 7. The molecule has 0 radical (unpaired) electrons. The Morgan fingerprint density at radius 3 is 2.48 bits per heavy atom. The van der Waals surface area contributed by atoms with Crippen LogP contribution in [0.15, 0.2) is 30.3 Å². The van der Waals surface area contributed by atoms with Crippen LogP contribution in [0.5, 0.6) is 0 Å². The molecule has 1 aromatic rings. The van der Waals surface area contributed by atoms with Gasteiger partial charge in [-0.3, -0.25) is 0 Å². The Bertz CT molecular complexity index is 703. The zero-order valence-electron chi connectivity index (χ0n) is 16.9. The normalized spacial score (nSPS) is 27.3. The van der Waals surface area contributed by atoms with Crippen molar-refractivity contribution in [3.63, 3.8) is 0 Å². The lowest BCUT2D eigenvalue weighted by molar-refractivity contribution is -0.220. The Balaban J connectivity index is 1.55. The highest BCUT2D eigenvalue weighted by Crippen LogP contribution is 2.39. The molecule has 0 aliphatic carbocycles. The van der Waals surface area contributed by atoms with Gasteiger partial charge in [-0.2, -0.15) is 0 Å². The summed E-state index contributed by atoms with van der Waals surface area (Å²) in [6.45, 7) is 6.74. The predicted molar refractivity (Wildman–Crippen MR) is 97.8 cm³/mol. The summed E-state index contributed by atoms with van der Waals surface area (Å²) in [5.74, 6) is -0.890. The van der Waals surface area contributed by atoms with Gasteiger partial charge in [0.15, 0.2) is 24.3 Å². The third kappa shape index (κ3) is 5.81. The first kappa shape index (κ1) is 21.4. The van der Waals surface area contributed by atoms with E-state index in [1.807, 2.05) is 30.3 Å². The van der Waals surface area contributed by atoms with Crippen LogP contribution >= 0.6 is 0 Å². The van der Waals surface area contributed by atoms with Gasteiger partial charge in [0.05, 0.1) is 6.10 Å². The molecule has 9 nitrogen and oxygen atoms in total. The average Bonchev–Trinajstić information content (AvgIpc) is 3.10. The number of hydrogen-bond acceptors (Lipinski definition) is 9. The number of rotatable bonds is 6. The number of hydrogen-bond donors (Lipinski definition) is 0. The van der Waals surface area contributed by atoms with Crippen LogP contribution in [0.1, 0.15) is 33.3 Å². The quantitative estimate of drug-likeness (QED) is 0.655. The van der Waals surface area contributed by atoms with Gasteiger partial charge in [0.2, 0.25) is 0 Å². The molecule has 2 fully saturated rings. The van der Waals surface area contributed by atoms with E-state index >= 15 is 0 Å². The van der Waals surface area contributed by atoms with Crippen LogP contribution in [0.2, 0.25) is 0 Å². The van der Waals surface area contributed by atoms with E-state index in [4.69, 9.17) is 33.2 Å². The van der Waals surface area contributed by atoms with Crippen molar-refractivity contribution in [3.8, 4) is 0 Å². The van der Waals surface area contributed by atoms with Crippen molar-refractivity contribution in [2.45, 2.75) is 70.8 Å². The Morgan fingerprint density at radius 1 is 1.07 bits per heavy atom. The topological polar surface area (TPSA) is 98.8 Å². The van der Waals surface area contributed by atoms with Crippen molar-refractivity contribution in [2.75, 3.05) is 6.61 Å². The van der Waals surface area contributed by atoms with Crippen molar-refractivity contribution in [1.29, 1.82) is 0 Å². The maximum absolute atomic E-state index is 12.0. The van der Waals surface area contributed by atoms with Crippen molar-refractivity contribution < 1.29 is 42.7 Å². The summed E-state index contributed by atoms with van der Waals surface area (Å²) in [6.07, 6.45) is -5.14. The minimum Gasteiger partial charge on any atom is -0.432 e. The maximum Gasteiger partial charge on any atom is 0.508 e. The minimum atomic E-state index is -0.890. The Kier molecular flexibility index (Phi) is 6.61. The molecule has 3 rings (SSSR count). The highest BCUT2D eigenvalue weighted by atomic mass is 16.9. The molecule has 2 heterocycles. The van der Waals surface area contributed by atoms with Crippen LogP contribution in [0.4, 0.5) is 9.59 Å². The molecular weight excluding hydrogens is 384 g/mol. The van der Waals surface area contributed by atoms with Crippen LogP contribution in [0, 0.1) is 0 Å². The third-order valence-electron chi connectivity index (χ3n) is 4.22. The molecule has 0 bridgehead atoms. The minimum absolute atomic E-state index is 0.0809. The van der Waals surface area contributed by atoms with Crippen molar-refractivity contribution in [1.82, 2.24) is 0 Å². The van der Waals surface area contributed by atoms with Gasteiger partial charge in [-0.25, -0.2) is 9.59 Å². The van der Waals surface area contributed by atoms with E-state index < -0.39 is 42.7 Å².